The predicted molar refractivity (Wildman–Crippen MR) is 103 cm³/mol. The Hall–Kier alpha value is -3.84. The number of nitriles is 1. The molecule has 1 aliphatic rings. The summed E-state index contributed by atoms with van der Waals surface area (Å²) in [4.78, 5) is 26.0. The van der Waals surface area contributed by atoms with E-state index in [0.29, 0.717) is 22.0 Å². The number of non-ortho nitro benzene ring substituents is 1. The first-order valence-corrected chi connectivity index (χ1v) is 8.55. The highest BCUT2D eigenvalue weighted by atomic mass is 32.2. The van der Waals surface area contributed by atoms with E-state index in [1.807, 2.05) is 6.07 Å². The van der Waals surface area contributed by atoms with Gasteiger partial charge in [-0.05, 0) is 41.6 Å². The van der Waals surface area contributed by atoms with Crippen LogP contribution in [0.25, 0.3) is 6.08 Å². The number of nitro groups is 1. The topological polar surface area (TPSA) is 141 Å². The molecule has 10 heteroatoms. The lowest BCUT2D eigenvalue weighted by atomic mass is 10.1. The maximum absolute atomic E-state index is 11.7. The van der Waals surface area contributed by atoms with Gasteiger partial charge in [-0.2, -0.15) is 10.3 Å². The van der Waals surface area contributed by atoms with E-state index >= 15 is 0 Å². The number of amidine groups is 1. The Balaban J connectivity index is 1.90. The number of carbonyl (C=O) groups excluding carboxylic acids is 1. The first-order valence-electron chi connectivity index (χ1n) is 7.73. The zero-order chi connectivity index (χ0) is 20.3. The van der Waals surface area contributed by atoms with Crippen LogP contribution in [0.3, 0.4) is 0 Å². The number of hydrogen-bond donors (Lipinski definition) is 1. The molecule has 0 spiro atoms. The quantitative estimate of drug-likeness (QED) is 0.461. The maximum Gasteiger partial charge on any atom is 0.286 e. The number of benzene rings is 2. The largest absolute Gasteiger partial charge is 0.493 e. The number of rotatable bonds is 5. The van der Waals surface area contributed by atoms with Crippen molar-refractivity contribution in [1.82, 2.24) is 0 Å². The maximum atomic E-state index is 11.7. The first-order chi connectivity index (χ1) is 13.4. The zero-order valence-corrected chi connectivity index (χ0v) is 15.2. The molecule has 2 aromatic rings. The third-order valence-electron chi connectivity index (χ3n) is 3.64. The molecule has 0 radical (unpaired) electrons. The van der Waals surface area contributed by atoms with Crippen LogP contribution >= 0.6 is 11.8 Å². The van der Waals surface area contributed by atoms with Crippen LogP contribution in [0, 0.1) is 21.4 Å². The van der Waals surface area contributed by atoms with Crippen molar-refractivity contribution in [1.29, 1.82) is 5.26 Å². The Labute approximate surface area is 163 Å². The summed E-state index contributed by atoms with van der Waals surface area (Å²) in [6.45, 7) is 0. The van der Waals surface area contributed by atoms with Crippen molar-refractivity contribution in [2.24, 2.45) is 10.7 Å². The van der Waals surface area contributed by atoms with Crippen LogP contribution in [0.2, 0.25) is 0 Å². The van der Waals surface area contributed by atoms with Gasteiger partial charge >= 0.3 is 0 Å². The van der Waals surface area contributed by atoms with E-state index in [4.69, 9.17) is 15.2 Å². The molecule has 0 fully saturated rings. The van der Waals surface area contributed by atoms with Crippen LogP contribution in [-0.2, 0) is 4.79 Å². The first kappa shape index (κ1) is 18.9. The number of nitro benzene ring substituents is 1. The minimum Gasteiger partial charge on any atom is -0.493 e. The molecule has 0 saturated heterocycles. The molecule has 28 heavy (non-hydrogen) atoms. The molecule has 1 heterocycles. The third kappa shape index (κ3) is 3.94. The number of nitrogens with two attached hydrogens (primary N) is 1. The van der Waals surface area contributed by atoms with Gasteiger partial charge in [0.2, 0.25) is 0 Å². The highest BCUT2D eigenvalue weighted by molar-refractivity contribution is 8.18. The van der Waals surface area contributed by atoms with E-state index in [1.54, 1.807) is 24.3 Å². The Morgan fingerprint density at radius 1 is 1.25 bits per heavy atom. The summed E-state index contributed by atoms with van der Waals surface area (Å²) in [5.41, 5.74) is 6.00. The van der Waals surface area contributed by atoms with E-state index in [1.165, 1.54) is 19.2 Å². The summed E-state index contributed by atoms with van der Waals surface area (Å²) in [7, 11) is 1.44. The number of thioether (sulfide) groups is 1. The van der Waals surface area contributed by atoms with Crippen molar-refractivity contribution in [3.63, 3.8) is 0 Å². The molecule has 2 N–H and O–H groups in total. The summed E-state index contributed by atoms with van der Waals surface area (Å²) in [6.07, 6.45) is 1.62. The number of nitrogens with zero attached hydrogens (tertiary/aromatic N) is 3. The van der Waals surface area contributed by atoms with Crippen LogP contribution in [0.4, 0.5) is 5.69 Å². The number of hydrogen-bond acceptors (Lipinski definition) is 8. The number of methoxy groups -OCH3 is 1. The third-order valence-corrected chi connectivity index (χ3v) is 4.45. The monoisotopic (exact) mass is 396 g/mol. The molecular weight excluding hydrogens is 384 g/mol. The Kier molecular flexibility index (Phi) is 5.28. The molecule has 3 rings (SSSR count). The van der Waals surface area contributed by atoms with Crippen molar-refractivity contribution < 1.29 is 19.2 Å². The summed E-state index contributed by atoms with van der Waals surface area (Å²) < 4.78 is 11.0. The summed E-state index contributed by atoms with van der Waals surface area (Å²) in [5, 5.41) is 20.3. The van der Waals surface area contributed by atoms with Gasteiger partial charge in [0.15, 0.2) is 16.7 Å². The van der Waals surface area contributed by atoms with Gasteiger partial charge in [-0.3, -0.25) is 14.9 Å². The van der Waals surface area contributed by atoms with E-state index < -0.39 is 10.8 Å². The van der Waals surface area contributed by atoms with E-state index in [9.17, 15) is 20.2 Å². The SMILES string of the molecule is COc1cc(/C=C2\SC(N)=NC2=O)ccc1Oc1ccc([N+](=O)[O-])cc1C#N. The molecule has 140 valence electrons. The van der Waals surface area contributed by atoms with Gasteiger partial charge in [0.25, 0.3) is 11.6 Å². The van der Waals surface area contributed by atoms with Crippen LogP contribution in [0.5, 0.6) is 17.2 Å². The van der Waals surface area contributed by atoms with Gasteiger partial charge in [-0.1, -0.05) is 6.07 Å². The van der Waals surface area contributed by atoms with Gasteiger partial charge in [-0.15, -0.1) is 0 Å². The number of ether oxygens (including phenoxy) is 2. The minimum atomic E-state index is -0.591. The lowest BCUT2D eigenvalue weighted by Crippen LogP contribution is -2.01. The van der Waals surface area contributed by atoms with Crippen molar-refractivity contribution in [2.45, 2.75) is 0 Å². The molecule has 9 nitrogen and oxygen atoms in total. The molecule has 0 atom stereocenters. The molecule has 0 aliphatic carbocycles. The molecule has 1 aliphatic heterocycles. The zero-order valence-electron chi connectivity index (χ0n) is 14.4. The standard InChI is InChI=1S/C18H12N4O5S/c1-26-15-6-10(7-16-17(23)21-18(20)28-16)2-4-14(15)27-13-5-3-12(22(24)25)8-11(13)9-19/h2-8H,1H3,(H2,20,21,23)/b16-7-. The normalized spacial score (nSPS) is 14.5. The fraction of sp³-hybridized carbons (Fsp3) is 0.0556. The highest BCUT2D eigenvalue weighted by Crippen LogP contribution is 2.36. The molecule has 0 unspecified atom stereocenters. The molecule has 0 saturated carbocycles. The average molecular weight is 396 g/mol. The second-order valence-corrected chi connectivity index (χ2v) is 6.49. The average Bonchev–Trinajstić information content (AvgIpc) is 2.99. The van der Waals surface area contributed by atoms with Crippen molar-refractivity contribution in [2.75, 3.05) is 7.11 Å². The van der Waals surface area contributed by atoms with Gasteiger partial charge in [-0.25, -0.2) is 0 Å². The van der Waals surface area contributed by atoms with Crippen molar-refractivity contribution in [3.05, 3.63) is 62.5 Å². The number of aliphatic imine (C=N–C) groups is 1. The summed E-state index contributed by atoms with van der Waals surface area (Å²) in [6, 6.07) is 10.5. The van der Waals surface area contributed by atoms with E-state index in [0.717, 1.165) is 17.8 Å². The summed E-state index contributed by atoms with van der Waals surface area (Å²) >= 11 is 1.07. The number of carbonyl (C=O) groups is 1. The molecule has 0 bridgehead atoms. The van der Waals surface area contributed by atoms with Gasteiger partial charge < -0.3 is 15.2 Å². The fourth-order valence-electron chi connectivity index (χ4n) is 2.36. The second kappa shape index (κ2) is 7.81. The summed E-state index contributed by atoms with van der Waals surface area (Å²) in [5.74, 6) is 0.392. The smallest absolute Gasteiger partial charge is 0.286 e. The number of amides is 1. The Morgan fingerprint density at radius 2 is 2.00 bits per heavy atom. The van der Waals surface area contributed by atoms with Gasteiger partial charge in [0.05, 0.1) is 16.9 Å². The highest BCUT2D eigenvalue weighted by Gasteiger charge is 2.20. The van der Waals surface area contributed by atoms with Crippen molar-refractivity contribution >= 4 is 34.6 Å². The molecule has 1 amide bonds. The lowest BCUT2D eigenvalue weighted by Gasteiger charge is -2.12. The predicted octanol–water partition coefficient (Wildman–Crippen LogP) is 3.20. The van der Waals surface area contributed by atoms with Crippen LogP contribution < -0.4 is 15.2 Å². The van der Waals surface area contributed by atoms with Crippen LogP contribution in [0.1, 0.15) is 11.1 Å². The fourth-order valence-corrected chi connectivity index (χ4v) is 3.04. The van der Waals surface area contributed by atoms with Crippen molar-refractivity contribution in [3.8, 4) is 23.3 Å². The Morgan fingerprint density at radius 3 is 2.61 bits per heavy atom. The lowest BCUT2D eigenvalue weighted by molar-refractivity contribution is -0.384. The minimum absolute atomic E-state index is 0.0167. The van der Waals surface area contributed by atoms with Crippen LogP contribution in [-0.4, -0.2) is 23.1 Å². The molecule has 0 aromatic heterocycles. The molecule has 2 aromatic carbocycles. The second-order valence-electron chi connectivity index (χ2n) is 5.43. The Bertz CT molecular complexity index is 1090. The van der Waals surface area contributed by atoms with E-state index in [2.05, 4.69) is 4.99 Å². The van der Waals surface area contributed by atoms with Gasteiger partial charge in [0, 0.05) is 12.1 Å². The van der Waals surface area contributed by atoms with Crippen LogP contribution in [0.15, 0.2) is 46.3 Å². The van der Waals surface area contributed by atoms with Gasteiger partial charge in [0.1, 0.15) is 17.4 Å². The molecular formula is C18H12N4O5S. The van der Waals surface area contributed by atoms with E-state index in [-0.39, 0.29) is 22.2 Å².